The van der Waals surface area contributed by atoms with Crippen LogP contribution in [0.25, 0.3) is 0 Å². The van der Waals surface area contributed by atoms with Gasteiger partial charge < -0.3 is 5.11 Å². The van der Waals surface area contributed by atoms with Crippen LogP contribution in [-0.4, -0.2) is 27.2 Å². The minimum Gasteiger partial charge on any atom is -0.479 e. The summed E-state index contributed by atoms with van der Waals surface area (Å²) < 4.78 is 12.7. The molecule has 1 unspecified atom stereocenters. The van der Waals surface area contributed by atoms with Crippen molar-refractivity contribution in [2.45, 2.75) is 19.5 Å². The van der Waals surface area contributed by atoms with E-state index in [0.29, 0.717) is 11.5 Å². The topological polar surface area (TPSA) is 63.1 Å². The normalized spacial score (nSPS) is 12.5. The molecule has 1 aromatic rings. The molecular weight excluding hydrogens is 175 g/mol. The van der Waals surface area contributed by atoms with E-state index in [9.17, 15) is 9.18 Å². The molecule has 0 aliphatic heterocycles. The molecule has 4 nitrogen and oxygen atoms in total. The van der Waals surface area contributed by atoms with Crippen LogP contribution in [-0.2, 0) is 11.2 Å². The first-order valence-corrected chi connectivity index (χ1v) is 3.75. The first-order valence-electron chi connectivity index (χ1n) is 3.75. The van der Waals surface area contributed by atoms with Gasteiger partial charge in [0.1, 0.15) is 5.82 Å². The fourth-order valence-corrected chi connectivity index (χ4v) is 0.890. The van der Waals surface area contributed by atoms with Gasteiger partial charge in [-0.05, 0) is 13.0 Å². The van der Waals surface area contributed by atoms with Crippen LogP contribution in [0.5, 0.6) is 0 Å². The van der Waals surface area contributed by atoms with Crippen LogP contribution in [0.15, 0.2) is 12.3 Å². The van der Waals surface area contributed by atoms with Crippen LogP contribution in [0.3, 0.4) is 0 Å². The number of hydrogen-bond acceptors (Lipinski definition) is 3. The van der Waals surface area contributed by atoms with Gasteiger partial charge in [0.2, 0.25) is 6.17 Å². The molecule has 0 radical (unpaired) electrons. The van der Waals surface area contributed by atoms with Crippen molar-refractivity contribution in [3.8, 4) is 0 Å². The predicted octanol–water partition coefficient (Wildman–Crippen LogP) is 0.750. The Labute approximate surface area is 74.5 Å². The molecule has 70 valence electrons. The first-order chi connectivity index (χ1) is 6.09. The van der Waals surface area contributed by atoms with Crippen molar-refractivity contribution in [1.82, 2.24) is 9.97 Å². The number of hydrogen-bond donors (Lipinski definition) is 1. The van der Waals surface area contributed by atoms with Crippen molar-refractivity contribution in [3.05, 3.63) is 23.8 Å². The summed E-state index contributed by atoms with van der Waals surface area (Å²) in [7, 11) is 0. The summed E-state index contributed by atoms with van der Waals surface area (Å²) in [6.07, 6.45) is -0.625. The number of carbonyl (C=O) groups is 1. The fraction of sp³-hybridized carbons (Fsp3) is 0.375. The summed E-state index contributed by atoms with van der Waals surface area (Å²) >= 11 is 0. The van der Waals surface area contributed by atoms with Gasteiger partial charge in [-0.3, -0.25) is 0 Å². The van der Waals surface area contributed by atoms with Gasteiger partial charge in [0, 0.05) is 18.3 Å². The van der Waals surface area contributed by atoms with Gasteiger partial charge in [-0.25, -0.2) is 19.2 Å². The molecule has 1 atom stereocenters. The Kier molecular flexibility index (Phi) is 2.89. The third-order valence-corrected chi connectivity index (χ3v) is 1.49. The lowest BCUT2D eigenvalue weighted by Gasteiger charge is -2.02. The van der Waals surface area contributed by atoms with E-state index < -0.39 is 12.1 Å². The van der Waals surface area contributed by atoms with E-state index >= 15 is 0 Å². The van der Waals surface area contributed by atoms with Crippen LogP contribution in [0, 0.1) is 6.92 Å². The van der Waals surface area contributed by atoms with E-state index in [1.165, 1.54) is 12.3 Å². The van der Waals surface area contributed by atoms with Gasteiger partial charge in [-0.1, -0.05) is 0 Å². The zero-order valence-electron chi connectivity index (χ0n) is 7.07. The highest BCUT2D eigenvalue weighted by Gasteiger charge is 2.16. The third kappa shape index (κ3) is 2.77. The van der Waals surface area contributed by atoms with Crippen LogP contribution in [0.1, 0.15) is 11.5 Å². The maximum Gasteiger partial charge on any atom is 0.338 e. The molecule has 1 N–H and O–H groups in total. The molecule has 0 amide bonds. The molecule has 0 spiro atoms. The minimum absolute atomic E-state index is 0.210. The van der Waals surface area contributed by atoms with E-state index in [0.717, 1.165) is 0 Å². The lowest BCUT2D eigenvalue weighted by molar-refractivity contribution is -0.142. The SMILES string of the molecule is Cc1nccc(CC(F)C(=O)O)n1. The first kappa shape index (κ1) is 9.57. The molecule has 0 aliphatic carbocycles. The average Bonchev–Trinajstić information content (AvgIpc) is 2.04. The van der Waals surface area contributed by atoms with Gasteiger partial charge in [-0.2, -0.15) is 0 Å². The maximum absolute atomic E-state index is 12.7. The van der Waals surface area contributed by atoms with Crippen LogP contribution < -0.4 is 0 Å². The number of aliphatic carboxylic acids is 1. The molecule has 5 heteroatoms. The molecule has 1 rings (SSSR count). The summed E-state index contributed by atoms with van der Waals surface area (Å²) in [5.41, 5.74) is 0.405. The highest BCUT2D eigenvalue weighted by atomic mass is 19.1. The van der Waals surface area contributed by atoms with E-state index in [1.54, 1.807) is 6.92 Å². The molecule has 0 aromatic carbocycles. The Morgan fingerprint density at radius 3 is 3.00 bits per heavy atom. The van der Waals surface area contributed by atoms with Crippen molar-refractivity contribution >= 4 is 5.97 Å². The van der Waals surface area contributed by atoms with Gasteiger partial charge in [0.05, 0.1) is 0 Å². The van der Waals surface area contributed by atoms with E-state index in [1.807, 2.05) is 0 Å². The van der Waals surface area contributed by atoms with Crippen molar-refractivity contribution < 1.29 is 14.3 Å². The second kappa shape index (κ2) is 3.93. The number of carboxylic acids is 1. The number of aromatic nitrogens is 2. The summed E-state index contributed by atoms with van der Waals surface area (Å²) in [6.45, 7) is 1.66. The van der Waals surface area contributed by atoms with E-state index in [4.69, 9.17) is 5.11 Å². The van der Waals surface area contributed by atoms with Gasteiger partial charge in [0.15, 0.2) is 0 Å². The second-order valence-electron chi connectivity index (χ2n) is 2.61. The highest BCUT2D eigenvalue weighted by molar-refractivity contribution is 5.72. The number of alkyl halides is 1. The van der Waals surface area contributed by atoms with Crippen LogP contribution >= 0.6 is 0 Å². The largest absolute Gasteiger partial charge is 0.479 e. The zero-order chi connectivity index (χ0) is 9.84. The monoisotopic (exact) mass is 184 g/mol. The minimum atomic E-state index is -1.89. The van der Waals surface area contributed by atoms with Gasteiger partial charge in [0.25, 0.3) is 0 Å². The number of carboxylic acid groups (broad SMARTS) is 1. The third-order valence-electron chi connectivity index (χ3n) is 1.49. The Hall–Kier alpha value is -1.52. The summed E-state index contributed by atoms with van der Waals surface area (Å²) in [5, 5.41) is 8.29. The lowest BCUT2D eigenvalue weighted by Crippen LogP contribution is -2.18. The second-order valence-corrected chi connectivity index (χ2v) is 2.61. The predicted molar refractivity (Wildman–Crippen MR) is 43.0 cm³/mol. The summed E-state index contributed by atoms with van der Waals surface area (Å²) in [4.78, 5) is 17.9. The number of rotatable bonds is 3. The molecular formula is C8H9FN2O2. The van der Waals surface area contributed by atoms with Crippen LogP contribution in [0.2, 0.25) is 0 Å². The van der Waals surface area contributed by atoms with Crippen molar-refractivity contribution in [1.29, 1.82) is 0 Å². The zero-order valence-corrected chi connectivity index (χ0v) is 7.07. The summed E-state index contributed by atoms with van der Waals surface area (Å²) in [6, 6.07) is 1.50. The van der Waals surface area contributed by atoms with Crippen molar-refractivity contribution in [3.63, 3.8) is 0 Å². The van der Waals surface area contributed by atoms with Crippen LogP contribution in [0.4, 0.5) is 4.39 Å². The summed E-state index contributed by atoms with van der Waals surface area (Å²) in [5.74, 6) is -0.952. The Balaban J connectivity index is 2.69. The Morgan fingerprint density at radius 2 is 2.46 bits per heavy atom. The maximum atomic E-state index is 12.7. The lowest BCUT2D eigenvalue weighted by atomic mass is 10.2. The molecule has 0 bridgehead atoms. The molecule has 0 fully saturated rings. The quantitative estimate of drug-likeness (QED) is 0.752. The number of aryl methyl sites for hydroxylation is 1. The highest BCUT2D eigenvalue weighted by Crippen LogP contribution is 2.03. The molecule has 1 heterocycles. The average molecular weight is 184 g/mol. The Morgan fingerprint density at radius 1 is 1.77 bits per heavy atom. The molecule has 1 aromatic heterocycles. The van der Waals surface area contributed by atoms with Crippen molar-refractivity contribution in [2.24, 2.45) is 0 Å². The number of halogens is 1. The number of nitrogens with zero attached hydrogens (tertiary/aromatic N) is 2. The molecule has 13 heavy (non-hydrogen) atoms. The van der Waals surface area contributed by atoms with E-state index in [-0.39, 0.29) is 6.42 Å². The van der Waals surface area contributed by atoms with Crippen molar-refractivity contribution in [2.75, 3.05) is 0 Å². The molecule has 0 saturated heterocycles. The Bertz CT molecular complexity index is 317. The molecule has 0 saturated carbocycles. The smallest absolute Gasteiger partial charge is 0.338 e. The van der Waals surface area contributed by atoms with Gasteiger partial charge >= 0.3 is 5.97 Å². The van der Waals surface area contributed by atoms with Gasteiger partial charge in [-0.15, -0.1) is 0 Å². The molecule has 0 aliphatic rings. The fourth-order valence-electron chi connectivity index (χ4n) is 0.890. The standard InChI is InChI=1S/C8H9FN2O2/c1-5-10-3-2-6(11-5)4-7(9)8(12)13/h2-3,7H,4H2,1H3,(H,12,13). The van der Waals surface area contributed by atoms with E-state index in [2.05, 4.69) is 9.97 Å².